The van der Waals surface area contributed by atoms with E-state index in [0.29, 0.717) is 30.6 Å². The van der Waals surface area contributed by atoms with E-state index >= 15 is 0 Å². The van der Waals surface area contributed by atoms with Gasteiger partial charge in [-0.3, -0.25) is 0 Å². The molecule has 1 aliphatic heterocycles. The molecule has 0 aliphatic carbocycles. The highest BCUT2D eigenvalue weighted by Gasteiger charge is 2.17. The quantitative estimate of drug-likeness (QED) is 0.513. The molecule has 3 rings (SSSR count). The van der Waals surface area contributed by atoms with Crippen molar-refractivity contribution in [2.24, 2.45) is 5.84 Å². The maximum absolute atomic E-state index is 12.9. The van der Waals surface area contributed by atoms with Gasteiger partial charge in [-0.05, 0) is 24.3 Å². The molecule has 0 amide bonds. The molecule has 110 valence electrons. The number of nitrogens with zero attached hydrogens (tertiary/aromatic N) is 2. The molecule has 0 unspecified atom stereocenters. The van der Waals surface area contributed by atoms with Crippen LogP contribution in [0.5, 0.6) is 0 Å². The summed E-state index contributed by atoms with van der Waals surface area (Å²) in [5, 5.41) is 0. The Balaban J connectivity index is 1.77. The van der Waals surface area contributed by atoms with E-state index < -0.39 is 0 Å². The van der Waals surface area contributed by atoms with Crippen molar-refractivity contribution in [1.29, 1.82) is 0 Å². The number of fused-ring (bicyclic) bond motifs is 1. The number of nitrogens with one attached hydrogen (secondary N) is 1. The smallest absolute Gasteiger partial charge is 0.149 e. The number of hydrogen-bond donors (Lipinski definition) is 2. The van der Waals surface area contributed by atoms with Crippen LogP contribution in [-0.4, -0.2) is 16.6 Å². The third-order valence-electron chi connectivity index (χ3n) is 3.19. The SMILES string of the molecule is NNc1nc(CSc2ccc(F)cc2)nc2c1COCC2. The molecule has 1 aromatic carbocycles. The molecule has 2 heterocycles. The zero-order chi connectivity index (χ0) is 14.7. The average molecular weight is 306 g/mol. The maximum atomic E-state index is 12.9. The number of anilines is 1. The summed E-state index contributed by atoms with van der Waals surface area (Å²) in [7, 11) is 0. The molecule has 0 saturated carbocycles. The number of hydrazine groups is 1. The number of ether oxygens (including phenoxy) is 1. The van der Waals surface area contributed by atoms with Crippen LogP contribution in [0.2, 0.25) is 0 Å². The van der Waals surface area contributed by atoms with Crippen molar-refractivity contribution < 1.29 is 9.13 Å². The van der Waals surface area contributed by atoms with E-state index in [1.54, 1.807) is 23.9 Å². The summed E-state index contributed by atoms with van der Waals surface area (Å²) in [6, 6.07) is 6.38. The zero-order valence-electron chi connectivity index (χ0n) is 11.3. The lowest BCUT2D eigenvalue weighted by Crippen LogP contribution is -2.20. The van der Waals surface area contributed by atoms with Gasteiger partial charge in [0.25, 0.3) is 0 Å². The molecular formula is C14H15FN4OS. The summed E-state index contributed by atoms with van der Waals surface area (Å²) in [6.07, 6.45) is 0.765. The van der Waals surface area contributed by atoms with Crippen LogP contribution >= 0.6 is 11.8 Å². The molecule has 2 aromatic rings. The molecule has 0 saturated heterocycles. The number of rotatable bonds is 4. The van der Waals surface area contributed by atoms with Crippen LogP contribution in [0.1, 0.15) is 17.1 Å². The fraction of sp³-hybridized carbons (Fsp3) is 0.286. The Hall–Kier alpha value is -1.70. The van der Waals surface area contributed by atoms with Gasteiger partial charge in [-0.15, -0.1) is 11.8 Å². The lowest BCUT2D eigenvalue weighted by Gasteiger charge is -2.19. The van der Waals surface area contributed by atoms with Gasteiger partial charge in [0.05, 0.1) is 24.7 Å². The zero-order valence-corrected chi connectivity index (χ0v) is 12.1. The van der Waals surface area contributed by atoms with Crippen molar-refractivity contribution >= 4 is 17.6 Å². The highest BCUT2D eigenvalue weighted by atomic mass is 32.2. The molecule has 0 bridgehead atoms. The number of nitrogens with two attached hydrogens (primary N) is 1. The predicted molar refractivity (Wildman–Crippen MR) is 79.2 cm³/mol. The normalized spacial score (nSPS) is 13.8. The summed E-state index contributed by atoms with van der Waals surface area (Å²) >= 11 is 1.56. The standard InChI is InChI=1S/C14H15FN4OS/c15-9-1-3-10(4-2-9)21-8-13-17-12-5-6-20-7-11(12)14(18-13)19-16/h1-4H,5-8,16H2,(H,17,18,19). The molecule has 5 nitrogen and oxygen atoms in total. The van der Waals surface area contributed by atoms with Gasteiger partial charge < -0.3 is 10.2 Å². The molecule has 0 spiro atoms. The predicted octanol–water partition coefficient (Wildman–Crippen LogP) is 2.27. The Bertz CT molecular complexity index is 618. The van der Waals surface area contributed by atoms with Crippen LogP contribution in [-0.2, 0) is 23.5 Å². The van der Waals surface area contributed by atoms with Crippen LogP contribution < -0.4 is 11.3 Å². The number of nitrogen functional groups attached to an aromatic ring is 1. The van der Waals surface area contributed by atoms with Crippen LogP contribution in [0.15, 0.2) is 29.2 Å². The molecule has 0 atom stereocenters. The van der Waals surface area contributed by atoms with Gasteiger partial charge in [0.15, 0.2) is 0 Å². The summed E-state index contributed by atoms with van der Waals surface area (Å²) in [6.45, 7) is 1.15. The minimum absolute atomic E-state index is 0.237. The minimum Gasteiger partial charge on any atom is -0.376 e. The molecular weight excluding hydrogens is 291 g/mol. The molecule has 1 aromatic heterocycles. The minimum atomic E-state index is -0.237. The molecule has 1 aliphatic rings. The second-order valence-corrected chi connectivity index (χ2v) is 5.65. The van der Waals surface area contributed by atoms with Crippen LogP contribution in [0, 0.1) is 5.82 Å². The van der Waals surface area contributed by atoms with Gasteiger partial charge in [-0.25, -0.2) is 20.2 Å². The van der Waals surface area contributed by atoms with Gasteiger partial charge in [0, 0.05) is 16.9 Å². The van der Waals surface area contributed by atoms with Crippen molar-refractivity contribution in [3.8, 4) is 0 Å². The fourth-order valence-corrected chi connectivity index (χ4v) is 2.90. The first-order chi connectivity index (χ1) is 10.3. The molecule has 21 heavy (non-hydrogen) atoms. The average Bonchev–Trinajstić information content (AvgIpc) is 2.53. The molecule has 0 fully saturated rings. The highest BCUT2D eigenvalue weighted by Crippen LogP contribution is 2.25. The van der Waals surface area contributed by atoms with Gasteiger partial charge >= 0.3 is 0 Å². The first-order valence-corrected chi connectivity index (χ1v) is 7.56. The van der Waals surface area contributed by atoms with Crippen molar-refractivity contribution in [3.05, 3.63) is 47.2 Å². The van der Waals surface area contributed by atoms with E-state index in [1.165, 1.54) is 12.1 Å². The van der Waals surface area contributed by atoms with Crippen molar-refractivity contribution in [2.75, 3.05) is 12.0 Å². The van der Waals surface area contributed by atoms with Crippen LogP contribution in [0.25, 0.3) is 0 Å². The van der Waals surface area contributed by atoms with E-state index in [1.807, 2.05) is 0 Å². The first-order valence-electron chi connectivity index (χ1n) is 6.57. The monoisotopic (exact) mass is 306 g/mol. The number of benzene rings is 1. The molecule has 3 N–H and O–H groups in total. The van der Waals surface area contributed by atoms with Crippen molar-refractivity contribution in [3.63, 3.8) is 0 Å². The van der Waals surface area contributed by atoms with Crippen molar-refractivity contribution in [2.45, 2.75) is 23.7 Å². The number of aromatic nitrogens is 2. The summed E-state index contributed by atoms with van der Waals surface area (Å²) in [4.78, 5) is 9.96. The Labute approximate surface area is 126 Å². The van der Waals surface area contributed by atoms with Crippen molar-refractivity contribution in [1.82, 2.24) is 9.97 Å². The summed E-state index contributed by atoms with van der Waals surface area (Å²) in [5.74, 6) is 7.22. The van der Waals surface area contributed by atoms with Crippen LogP contribution in [0.3, 0.4) is 0 Å². The third-order valence-corrected chi connectivity index (χ3v) is 4.19. The van der Waals surface area contributed by atoms with Gasteiger partial charge in [-0.1, -0.05) is 0 Å². The van der Waals surface area contributed by atoms with Gasteiger partial charge in [-0.2, -0.15) is 0 Å². The number of halogens is 1. The third kappa shape index (κ3) is 3.31. The summed E-state index contributed by atoms with van der Waals surface area (Å²) in [5.41, 5.74) is 4.53. The topological polar surface area (TPSA) is 73.1 Å². The number of hydrogen-bond acceptors (Lipinski definition) is 6. The summed E-state index contributed by atoms with van der Waals surface area (Å²) < 4.78 is 18.3. The Morgan fingerprint density at radius 3 is 2.86 bits per heavy atom. The lowest BCUT2D eigenvalue weighted by molar-refractivity contribution is 0.109. The number of thioether (sulfide) groups is 1. The van der Waals surface area contributed by atoms with Gasteiger partial charge in [0.2, 0.25) is 0 Å². The first kappa shape index (κ1) is 14.2. The second kappa shape index (κ2) is 6.38. The largest absolute Gasteiger partial charge is 0.376 e. The molecule has 7 heteroatoms. The molecule has 0 radical (unpaired) electrons. The maximum Gasteiger partial charge on any atom is 0.149 e. The Morgan fingerprint density at radius 2 is 2.10 bits per heavy atom. The van der Waals surface area contributed by atoms with E-state index in [9.17, 15) is 4.39 Å². The lowest BCUT2D eigenvalue weighted by atomic mass is 10.1. The van der Waals surface area contributed by atoms with E-state index in [0.717, 1.165) is 22.6 Å². The Morgan fingerprint density at radius 1 is 1.29 bits per heavy atom. The van der Waals surface area contributed by atoms with E-state index in [4.69, 9.17) is 10.6 Å². The second-order valence-electron chi connectivity index (χ2n) is 4.60. The van der Waals surface area contributed by atoms with E-state index in [2.05, 4.69) is 15.4 Å². The highest BCUT2D eigenvalue weighted by molar-refractivity contribution is 7.98. The fourth-order valence-electron chi connectivity index (χ4n) is 2.15. The van der Waals surface area contributed by atoms with E-state index in [-0.39, 0.29) is 5.82 Å². The van der Waals surface area contributed by atoms with Gasteiger partial charge in [0.1, 0.15) is 17.5 Å². The Kier molecular flexibility index (Phi) is 4.33. The van der Waals surface area contributed by atoms with Crippen LogP contribution in [0.4, 0.5) is 10.2 Å².